The maximum absolute atomic E-state index is 6.07. The van der Waals surface area contributed by atoms with Gasteiger partial charge in [-0.05, 0) is 55.9 Å². The van der Waals surface area contributed by atoms with Gasteiger partial charge in [0.15, 0.2) is 5.11 Å². The van der Waals surface area contributed by atoms with E-state index in [0.29, 0.717) is 10.1 Å². The number of rotatable bonds is 3. The number of hydrogen-bond acceptors (Lipinski definition) is 2. The second-order valence-electron chi connectivity index (χ2n) is 4.25. The van der Waals surface area contributed by atoms with E-state index in [-0.39, 0.29) is 6.04 Å². The van der Waals surface area contributed by atoms with Crippen molar-refractivity contribution in [1.29, 1.82) is 0 Å². The van der Waals surface area contributed by atoms with Crippen LogP contribution >= 0.6 is 23.8 Å². The number of benzene rings is 1. The number of furan rings is 1. The number of anilines is 1. The Morgan fingerprint density at radius 1 is 1.32 bits per heavy atom. The molecule has 2 N–H and O–H groups in total. The molecule has 0 saturated carbocycles. The molecule has 0 bridgehead atoms. The fourth-order valence-corrected chi connectivity index (χ4v) is 2.17. The van der Waals surface area contributed by atoms with Crippen molar-refractivity contribution in [1.82, 2.24) is 5.32 Å². The zero-order valence-electron chi connectivity index (χ0n) is 10.7. The smallest absolute Gasteiger partial charge is 0.171 e. The summed E-state index contributed by atoms with van der Waals surface area (Å²) >= 11 is 11.3. The van der Waals surface area contributed by atoms with Crippen LogP contribution in [0.4, 0.5) is 5.69 Å². The average Bonchev–Trinajstić information content (AvgIpc) is 2.88. The van der Waals surface area contributed by atoms with Gasteiger partial charge in [-0.25, -0.2) is 0 Å². The van der Waals surface area contributed by atoms with Crippen molar-refractivity contribution in [3.63, 3.8) is 0 Å². The Balaban J connectivity index is 2.00. The molecule has 0 spiro atoms. The summed E-state index contributed by atoms with van der Waals surface area (Å²) in [6.07, 6.45) is 1.64. The highest BCUT2D eigenvalue weighted by molar-refractivity contribution is 7.80. The predicted octanol–water partition coefficient (Wildman–Crippen LogP) is 4.29. The Kier molecular flexibility index (Phi) is 4.45. The van der Waals surface area contributed by atoms with E-state index in [9.17, 15) is 0 Å². The topological polar surface area (TPSA) is 37.2 Å². The van der Waals surface area contributed by atoms with Crippen LogP contribution in [0.2, 0.25) is 5.02 Å². The van der Waals surface area contributed by atoms with Gasteiger partial charge in [-0.3, -0.25) is 0 Å². The highest BCUT2D eigenvalue weighted by Gasteiger charge is 2.10. The maximum Gasteiger partial charge on any atom is 0.171 e. The molecule has 100 valence electrons. The summed E-state index contributed by atoms with van der Waals surface area (Å²) in [5, 5.41) is 7.55. The van der Waals surface area contributed by atoms with E-state index >= 15 is 0 Å². The first-order chi connectivity index (χ1) is 9.08. The van der Waals surface area contributed by atoms with Gasteiger partial charge in [-0.2, -0.15) is 0 Å². The van der Waals surface area contributed by atoms with Gasteiger partial charge in [0, 0.05) is 10.7 Å². The van der Waals surface area contributed by atoms with Gasteiger partial charge in [-0.1, -0.05) is 17.7 Å². The number of hydrogen-bond donors (Lipinski definition) is 2. The third-order valence-electron chi connectivity index (χ3n) is 2.83. The first-order valence-corrected chi connectivity index (χ1v) is 6.72. The first kappa shape index (κ1) is 13.9. The molecule has 0 amide bonds. The third-order valence-corrected chi connectivity index (χ3v) is 3.46. The second kappa shape index (κ2) is 6.08. The van der Waals surface area contributed by atoms with Crippen LogP contribution in [0.25, 0.3) is 0 Å². The molecular weight excluding hydrogens is 280 g/mol. The van der Waals surface area contributed by atoms with E-state index in [1.165, 1.54) is 0 Å². The van der Waals surface area contributed by atoms with Gasteiger partial charge in [0.1, 0.15) is 5.76 Å². The lowest BCUT2D eigenvalue weighted by molar-refractivity contribution is 0.464. The Labute approximate surface area is 123 Å². The van der Waals surface area contributed by atoms with Gasteiger partial charge >= 0.3 is 0 Å². The van der Waals surface area contributed by atoms with Gasteiger partial charge in [0.25, 0.3) is 0 Å². The molecule has 2 aromatic rings. The zero-order chi connectivity index (χ0) is 13.8. The molecule has 0 unspecified atom stereocenters. The second-order valence-corrected chi connectivity index (χ2v) is 5.06. The minimum Gasteiger partial charge on any atom is -0.467 e. The van der Waals surface area contributed by atoms with E-state index < -0.39 is 0 Å². The molecule has 3 nitrogen and oxygen atoms in total. The molecular formula is C14H15ClN2OS. The molecule has 0 radical (unpaired) electrons. The lowest BCUT2D eigenvalue weighted by Gasteiger charge is -2.16. The number of nitrogens with one attached hydrogen (secondary N) is 2. The highest BCUT2D eigenvalue weighted by Crippen LogP contribution is 2.23. The SMILES string of the molecule is Cc1c(Cl)cccc1NC(=S)N[C@@H](C)c1ccco1. The number of halogens is 1. The quantitative estimate of drug-likeness (QED) is 0.828. The normalized spacial score (nSPS) is 11.9. The third kappa shape index (κ3) is 3.49. The molecule has 1 aromatic carbocycles. The van der Waals surface area contributed by atoms with Crippen LogP contribution in [0.5, 0.6) is 0 Å². The standard InChI is InChI=1S/C14H15ClN2OS/c1-9-11(15)5-3-6-12(9)17-14(19)16-10(2)13-7-4-8-18-13/h3-8,10H,1-2H3,(H2,16,17,19)/t10-/m0/s1. The van der Waals surface area contributed by atoms with E-state index in [4.69, 9.17) is 28.2 Å². The fourth-order valence-electron chi connectivity index (χ4n) is 1.71. The zero-order valence-corrected chi connectivity index (χ0v) is 12.3. The molecule has 0 aliphatic rings. The van der Waals surface area contributed by atoms with E-state index in [1.807, 2.05) is 44.2 Å². The van der Waals surface area contributed by atoms with Crippen LogP contribution in [0.1, 0.15) is 24.3 Å². The highest BCUT2D eigenvalue weighted by atomic mass is 35.5. The molecule has 1 aromatic heterocycles. The lowest BCUT2D eigenvalue weighted by Crippen LogP contribution is -2.30. The summed E-state index contributed by atoms with van der Waals surface area (Å²) in [5.41, 5.74) is 1.87. The van der Waals surface area contributed by atoms with Gasteiger partial charge in [0.2, 0.25) is 0 Å². The lowest BCUT2D eigenvalue weighted by atomic mass is 10.2. The van der Waals surface area contributed by atoms with Crippen LogP contribution in [0.15, 0.2) is 41.0 Å². The van der Waals surface area contributed by atoms with Crippen molar-refractivity contribution in [3.05, 3.63) is 52.9 Å². The summed E-state index contributed by atoms with van der Waals surface area (Å²) in [5.74, 6) is 0.840. The molecule has 0 aliphatic heterocycles. The average molecular weight is 295 g/mol. The van der Waals surface area contributed by atoms with Crippen LogP contribution < -0.4 is 10.6 Å². The summed E-state index contributed by atoms with van der Waals surface area (Å²) < 4.78 is 5.32. The summed E-state index contributed by atoms with van der Waals surface area (Å²) in [4.78, 5) is 0. The summed E-state index contributed by atoms with van der Waals surface area (Å²) in [6, 6.07) is 9.44. The fraction of sp³-hybridized carbons (Fsp3) is 0.214. The van der Waals surface area contributed by atoms with Crippen molar-refractivity contribution in [2.75, 3.05) is 5.32 Å². The van der Waals surface area contributed by atoms with Crippen LogP contribution in [0, 0.1) is 6.92 Å². The van der Waals surface area contributed by atoms with Crippen molar-refractivity contribution < 1.29 is 4.42 Å². The minimum absolute atomic E-state index is 0.00879. The molecule has 0 fully saturated rings. The van der Waals surface area contributed by atoms with Crippen LogP contribution in [-0.4, -0.2) is 5.11 Å². The predicted molar refractivity (Wildman–Crippen MR) is 82.7 cm³/mol. The van der Waals surface area contributed by atoms with E-state index in [2.05, 4.69) is 10.6 Å². The number of thiocarbonyl (C=S) groups is 1. The molecule has 2 rings (SSSR count). The largest absolute Gasteiger partial charge is 0.467 e. The minimum atomic E-state index is 0.00879. The van der Waals surface area contributed by atoms with Crippen LogP contribution in [-0.2, 0) is 0 Å². The first-order valence-electron chi connectivity index (χ1n) is 5.94. The Hall–Kier alpha value is -1.52. The van der Waals surface area contributed by atoms with Crippen LogP contribution in [0.3, 0.4) is 0 Å². The molecule has 19 heavy (non-hydrogen) atoms. The summed E-state index contributed by atoms with van der Waals surface area (Å²) in [7, 11) is 0. The van der Waals surface area contributed by atoms with Crippen molar-refractivity contribution in [2.45, 2.75) is 19.9 Å². The van der Waals surface area contributed by atoms with Gasteiger partial charge < -0.3 is 15.1 Å². The van der Waals surface area contributed by atoms with E-state index in [1.54, 1.807) is 6.26 Å². The molecule has 0 saturated heterocycles. The van der Waals surface area contributed by atoms with Crippen molar-refractivity contribution in [3.8, 4) is 0 Å². The molecule has 1 heterocycles. The summed E-state index contributed by atoms with van der Waals surface area (Å²) in [6.45, 7) is 3.93. The monoisotopic (exact) mass is 294 g/mol. The molecule has 0 aliphatic carbocycles. The van der Waals surface area contributed by atoms with Gasteiger partial charge in [0.05, 0.1) is 12.3 Å². The Morgan fingerprint density at radius 3 is 2.79 bits per heavy atom. The Bertz CT molecular complexity index is 569. The van der Waals surface area contributed by atoms with Crippen molar-refractivity contribution >= 4 is 34.6 Å². The van der Waals surface area contributed by atoms with Gasteiger partial charge in [-0.15, -0.1) is 0 Å². The van der Waals surface area contributed by atoms with Crippen molar-refractivity contribution in [2.24, 2.45) is 0 Å². The Morgan fingerprint density at radius 2 is 2.11 bits per heavy atom. The molecule has 1 atom stereocenters. The molecule has 5 heteroatoms. The van der Waals surface area contributed by atoms with E-state index in [0.717, 1.165) is 17.0 Å². The maximum atomic E-state index is 6.07.